The van der Waals surface area contributed by atoms with Gasteiger partial charge in [0.2, 0.25) is 9.52 Å². The number of hydrogen-bond acceptors (Lipinski definition) is 4. The second-order valence-electron chi connectivity index (χ2n) is 6.71. The summed E-state index contributed by atoms with van der Waals surface area (Å²) in [7, 11) is -21.0. The van der Waals surface area contributed by atoms with Crippen molar-refractivity contribution in [1.82, 2.24) is 0 Å². The molecular formula is C12H9F11O4S2Si. The maximum atomic E-state index is 14.3. The van der Waals surface area contributed by atoms with Crippen LogP contribution in [0, 0.1) is 29.1 Å². The molecule has 0 fully saturated rings. The van der Waals surface area contributed by atoms with Gasteiger partial charge in [-0.15, -0.1) is 0 Å². The van der Waals surface area contributed by atoms with Crippen molar-refractivity contribution in [1.29, 1.82) is 0 Å². The molecule has 0 aliphatic rings. The molecule has 0 atom stereocenters. The molecule has 0 amide bonds. The Hall–Kier alpha value is -1.43. The number of alkyl halides is 6. The predicted octanol–water partition coefficient (Wildman–Crippen LogP) is 4.28. The van der Waals surface area contributed by atoms with Crippen molar-refractivity contribution in [2.24, 2.45) is 0 Å². The van der Waals surface area contributed by atoms with Crippen LogP contribution < -0.4 is 0 Å². The quantitative estimate of drug-likeness (QED) is 0.258. The molecule has 18 heteroatoms. The summed E-state index contributed by atoms with van der Waals surface area (Å²) in [5.41, 5.74) is -17.1. The van der Waals surface area contributed by atoms with Gasteiger partial charge >= 0.3 is 11.0 Å². The predicted molar refractivity (Wildman–Crippen MR) is 81.2 cm³/mol. The molecule has 4 nitrogen and oxygen atoms in total. The molecule has 0 saturated carbocycles. The molecule has 0 aliphatic heterocycles. The van der Waals surface area contributed by atoms with E-state index in [1.54, 1.807) is 0 Å². The first-order valence-corrected chi connectivity index (χ1v) is 13.5. The maximum absolute atomic E-state index is 14.3. The van der Waals surface area contributed by atoms with Gasteiger partial charge in [0.05, 0.1) is 13.6 Å². The van der Waals surface area contributed by atoms with E-state index in [9.17, 15) is 65.1 Å². The zero-order chi connectivity index (χ0) is 24.5. The van der Waals surface area contributed by atoms with E-state index in [1.165, 1.54) is 0 Å². The summed E-state index contributed by atoms with van der Waals surface area (Å²) in [5.74, 6) is -16.3. The zero-order valence-corrected chi connectivity index (χ0v) is 17.2. The summed E-state index contributed by atoms with van der Waals surface area (Å²) < 4.78 is 192. The van der Waals surface area contributed by atoms with Gasteiger partial charge in [-0.25, -0.2) is 38.8 Å². The number of hydrogen-bond donors (Lipinski definition) is 0. The van der Waals surface area contributed by atoms with Crippen LogP contribution in [0.15, 0.2) is 0 Å². The Morgan fingerprint density at radius 1 is 0.567 bits per heavy atom. The van der Waals surface area contributed by atoms with Crippen LogP contribution >= 0.6 is 0 Å². The molecule has 30 heavy (non-hydrogen) atoms. The molecule has 0 spiro atoms. The Kier molecular flexibility index (Phi) is 6.24. The highest BCUT2D eigenvalue weighted by Crippen LogP contribution is 2.56. The summed E-state index contributed by atoms with van der Waals surface area (Å²) in [6, 6.07) is 0. The van der Waals surface area contributed by atoms with Crippen molar-refractivity contribution in [3.8, 4) is 0 Å². The lowest BCUT2D eigenvalue weighted by molar-refractivity contribution is -0.0483. The topological polar surface area (TPSA) is 68.3 Å². The summed E-state index contributed by atoms with van der Waals surface area (Å²) >= 11 is 0. The number of sulfone groups is 2. The smallest absolute Gasteiger partial charge is 0.218 e. The molecule has 1 rings (SSSR count). The average Bonchev–Trinajstić information content (AvgIpc) is 2.51. The van der Waals surface area contributed by atoms with Crippen LogP contribution in [0.25, 0.3) is 0 Å². The molecule has 0 saturated heterocycles. The third-order valence-electron chi connectivity index (χ3n) is 3.89. The summed E-state index contributed by atoms with van der Waals surface area (Å²) in [4.78, 5) is 0. The van der Waals surface area contributed by atoms with E-state index in [-0.39, 0.29) is 19.6 Å². The van der Waals surface area contributed by atoms with Gasteiger partial charge in [-0.2, -0.15) is 26.3 Å². The van der Waals surface area contributed by atoms with Crippen LogP contribution in [0.1, 0.15) is 5.56 Å². The number of rotatable bonds is 4. The first-order chi connectivity index (χ1) is 12.9. The standard InChI is InChI=1S/C12H9F11O4S2Si/c1-30(2,3)10(28(24,25)11(18,19)20,29(26,27)12(21,22)23)4-5(13)7(15)9(17)8(16)6(4)14/h1-3H3. The Labute approximate surface area is 162 Å². The van der Waals surface area contributed by atoms with Crippen LogP contribution in [-0.4, -0.2) is 35.9 Å². The lowest BCUT2D eigenvalue weighted by atomic mass is 10.2. The van der Waals surface area contributed by atoms with Gasteiger partial charge in [0.15, 0.2) is 23.3 Å². The van der Waals surface area contributed by atoms with E-state index >= 15 is 0 Å². The van der Waals surface area contributed by atoms with E-state index < -0.39 is 77.1 Å². The van der Waals surface area contributed by atoms with Crippen molar-refractivity contribution in [3.63, 3.8) is 0 Å². The van der Waals surface area contributed by atoms with Crippen LogP contribution in [-0.2, 0) is 23.4 Å². The highest BCUT2D eigenvalue weighted by atomic mass is 32.3. The normalized spacial score (nSPS) is 14.9. The molecular weight excluding hydrogens is 509 g/mol. The first-order valence-electron chi connectivity index (χ1n) is 7.06. The molecule has 0 aromatic heterocycles. The zero-order valence-electron chi connectivity index (χ0n) is 14.6. The summed E-state index contributed by atoms with van der Waals surface area (Å²) in [6.07, 6.45) is 0. The van der Waals surface area contributed by atoms with E-state index in [4.69, 9.17) is 0 Å². The highest BCUT2D eigenvalue weighted by molar-refractivity contribution is 8.13. The van der Waals surface area contributed by atoms with Crippen LogP contribution in [0.5, 0.6) is 0 Å². The molecule has 0 N–H and O–H groups in total. The third kappa shape index (κ3) is 3.21. The SMILES string of the molecule is C[Si](C)(C)C(c1c(F)c(F)c(F)c(F)c1F)(S(=O)(=O)C(F)(F)F)S(=O)(=O)C(F)(F)F. The number of halogens is 11. The third-order valence-corrected chi connectivity index (χ3v) is 15.9. The van der Waals surface area contributed by atoms with Crippen LogP contribution in [0.4, 0.5) is 48.3 Å². The molecule has 0 bridgehead atoms. The van der Waals surface area contributed by atoms with Gasteiger partial charge < -0.3 is 0 Å². The lowest BCUT2D eigenvalue weighted by Crippen LogP contribution is -2.66. The Balaban J connectivity index is 4.77. The van der Waals surface area contributed by atoms with Gasteiger partial charge in [-0.05, 0) is 0 Å². The summed E-state index contributed by atoms with van der Waals surface area (Å²) in [6.45, 7) is 0.618. The van der Waals surface area contributed by atoms with E-state index in [1.807, 2.05) is 0 Å². The Morgan fingerprint density at radius 2 is 0.800 bits per heavy atom. The minimum absolute atomic E-state index is 0.206. The van der Waals surface area contributed by atoms with Gasteiger partial charge in [0, 0.05) is 0 Å². The molecule has 0 unspecified atom stereocenters. The second-order valence-corrected chi connectivity index (χ2v) is 17.1. The van der Waals surface area contributed by atoms with Crippen LogP contribution in [0.3, 0.4) is 0 Å². The monoisotopic (exact) mass is 518 g/mol. The molecule has 1 aromatic carbocycles. The fraction of sp³-hybridized carbons (Fsp3) is 0.500. The Bertz CT molecular complexity index is 1010. The van der Waals surface area contributed by atoms with Crippen molar-refractivity contribution in [2.75, 3.05) is 0 Å². The van der Waals surface area contributed by atoms with Gasteiger partial charge in [0.1, 0.15) is 0 Å². The van der Waals surface area contributed by atoms with Crippen molar-refractivity contribution in [3.05, 3.63) is 34.6 Å². The molecule has 0 heterocycles. The minimum atomic E-state index is -7.83. The van der Waals surface area contributed by atoms with E-state index in [2.05, 4.69) is 0 Å². The molecule has 1 aromatic rings. The summed E-state index contributed by atoms with van der Waals surface area (Å²) in [5, 5.41) is 0. The van der Waals surface area contributed by atoms with Crippen molar-refractivity contribution >= 4 is 27.7 Å². The van der Waals surface area contributed by atoms with Crippen molar-refractivity contribution < 1.29 is 65.1 Å². The average molecular weight is 518 g/mol. The fourth-order valence-electron chi connectivity index (χ4n) is 2.81. The van der Waals surface area contributed by atoms with E-state index in [0.717, 1.165) is 0 Å². The molecule has 0 aliphatic carbocycles. The molecule has 0 radical (unpaired) electrons. The maximum Gasteiger partial charge on any atom is 0.499 e. The number of benzene rings is 1. The van der Waals surface area contributed by atoms with Gasteiger partial charge in [0.25, 0.3) is 19.7 Å². The van der Waals surface area contributed by atoms with Crippen molar-refractivity contribution in [2.45, 2.75) is 34.4 Å². The molecule has 174 valence electrons. The van der Waals surface area contributed by atoms with Gasteiger partial charge in [-0.1, -0.05) is 19.6 Å². The largest absolute Gasteiger partial charge is 0.499 e. The highest BCUT2D eigenvalue weighted by Gasteiger charge is 2.79. The second kappa shape index (κ2) is 7.04. The minimum Gasteiger partial charge on any atom is -0.218 e. The first kappa shape index (κ1) is 26.6. The fourth-order valence-corrected chi connectivity index (χ4v) is 14.2. The Morgan fingerprint density at radius 3 is 1.00 bits per heavy atom. The van der Waals surface area contributed by atoms with Crippen LogP contribution in [0.2, 0.25) is 19.6 Å². The lowest BCUT2D eigenvalue weighted by Gasteiger charge is -2.42. The van der Waals surface area contributed by atoms with E-state index in [0.29, 0.717) is 0 Å². The van der Waals surface area contributed by atoms with Gasteiger partial charge in [-0.3, -0.25) is 0 Å².